The summed E-state index contributed by atoms with van der Waals surface area (Å²) < 4.78 is 8.78. The van der Waals surface area contributed by atoms with E-state index in [0.717, 1.165) is 38.0 Å². The van der Waals surface area contributed by atoms with Crippen molar-refractivity contribution in [3.8, 4) is 5.82 Å². The molecule has 1 unspecified atom stereocenters. The first-order chi connectivity index (χ1) is 17.7. The maximum atomic E-state index is 13.4. The van der Waals surface area contributed by atoms with Crippen LogP contribution in [0.4, 0.5) is 17.5 Å². The van der Waals surface area contributed by atoms with Gasteiger partial charge in [0.25, 0.3) is 5.56 Å². The molecule has 4 aromatic rings. The molecule has 0 spiro atoms. The Morgan fingerprint density at radius 2 is 2.00 bits per heavy atom. The van der Waals surface area contributed by atoms with E-state index in [2.05, 4.69) is 27.8 Å². The van der Waals surface area contributed by atoms with Gasteiger partial charge in [-0.2, -0.15) is 4.98 Å². The monoisotopic (exact) mass is 486 g/mol. The van der Waals surface area contributed by atoms with Crippen molar-refractivity contribution in [3.63, 3.8) is 0 Å². The summed E-state index contributed by atoms with van der Waals surface area (Å²) in [6.45, 7) is 2.79. The normalized spacial score (nSPS) is 19.6. The fourth-order valence-corrected chi connectivity index (χ4v) is 4.99. The molecule has 2 aliphatic heterocycles. The van der Waals surface area contributed by atoms with Crippen molar-refractivity contribution in [2.45, 2.75) is 38.3 Å². The number of anilines is 3. The van der Waals surface area contributed by atoms with E-state index in [9.17, 15) is 9.90 Å². The predicted octanol–water partition coefficient (Wildman–Crippen LogP) is 1.81. The molecule has 1 aromatic carbocycles. The van der Waals surface area contributed by atoms with E-state index < -0.39 is 6.41 Å². The molecule has 0 bridgehead atoms. The van der Waals surface area contributed by atoms with Gasteiger partial charge in [-0.15, -0.1) is 0 Å². The van der Waals surface area contributed by atoms with Gasteiger partial charge < -0.3 is 25.4 Å². The SMILES string of the molecule is O=c1c2cnc(Nc3ccc4c(c3)CNCC4)nc2n(-c2cccc(N3CCOC3O)n2)n1C1CC1. The van der Waals surface area contributed by atoms with Crippen molar-refractivity contribution in [3.05, 3.63) is 64.1 Å². The number of hydrogen-bond donors (Lipinski definition) is 3. The Balaban J connectivity index is 1.32. The molecule has 0 amide bonds. The third-order valence-corrected chi connectivity index (χ3v) is 6.96. The minimum atomic E-state index is -1.04. The highest BCUT2D eigenvalue weighted by Gasteiger charge is 2.32. The number of aromatic nitrogens is 5. The van der Waals surface area contributed by atoms with E-state index in [1.54, 1.807) is 20.5 Å². The number of nitrogens with zero attached hydrogens (tertiary/aromatic N) is 6. The molecular weight excluding hydrogens is 460 g/mol. The van der Waals surface area contributed by atoms with Gasteiger partial charge in [0.15, 0.2) is 11.5 Å². The second-order valence-corrected chi connectivity index (χ2v) is 9.40. The van der Waals surface area contributed by atoms with Crippen LogP contribution in [0.1, 0.15) is 30.0 Å². The summed E-state index contributed by atoms with van der Waals surface area (Å²) in [7, 11) is 0. The highest BCUT2D eigenvalue weighted by molar-refractivity contribution is 5.77. The molecule has 11 heteroatoms. The molecule has 1 saturated carbocycles. The standard InChI is InChI=1S/C25H26N8O3/c34-23-19-14-27-24(28-17-5-4-15-8-9-26-13-16(15)12-17)30-22(19)33(32(23)18-6-7-18)21-3-1-2-20(29-21)31-10-11-36-25(31)35/h1-5,12,14,18,25-26,35H,6-11,13H2,(H,27,28,30). The number of ether oxygens (including phenoxy) is 1. The second kappa shape index (κ2) is 8.40. The summed E-state index contributed by atoms with van der Waals surface area (Å²) in [5.41, 5.74) is 3.88. The minimum absolute atomic E-state index is 0.0995. The maximum Gasteiger partial charge on any atom is 0.278 e. The average Bonchev–Trinajstić information content (AvgIpc) is 3.58. The van der Waals surface area contributed by atoms with Gasteiger partial charge in [-0.25, -0.2) is 19.3 Å². The Bertz CT molecular complexity index is 1530. The summed E-state index contributed by atoms with van der Waals surface area (Å²) >= 11 is 0. The Labute approximate surface area is 206 Å². The van der Waals surface area contributed by atoms with Crippen LogP contribution in [0.5, 0.6) is 0 Å². The van der Waals surface area contributed by atoms with E-state index in [4.69, 9.17) is 14.7 Å². The van der Waals surface area contributed by atoms with E-state index in [-0.39, 0.29) is 11.6 Å². The summed E-state index contributed by atoms with van der Waals surface area (Å²) in [5, 5.41) is 17.3. The lowest BCUT2D eigenvalue weighted by atomic mass is 10.0. The quantitative estimate of drug-likeness (QED) is 0.388. The number of benzene rings is 1. The van der Waals surface area contributed by atoms with Gasteiger partial charge in [-0.3, -0.25) is 4.79 Å². The van der Waals surface area contributed by atoms with Crippen LogP contribution in [0.15, 0.2) is 47.4 Å². The van der Waals surface area contributed by atoms with Crippen LogP contribution in [0.3, 0.4) is 0 Å². The van der Waals surface area contributed by atoms with Crippen molar-refractivity contribution in [2.24, 2.45) is 0 Å². The van der Waals surface area contributed by atoms with Crippen LogP contribution < -0.4 is 21.1 Å². The summed E-state index contributed by atoms with van der Waals surface area (Å²) in [5.74, 6) is 1.53. The van der Waals surface area contributed by atoms with Crippen LogP contribution in [-0.2, 0) is 17.7 Å². The van der Waals surface area contributed by atoms with Crippen LogP contribution in [0, 0.1) is 0 Å². The molecule has 1 aliphatic carbocycles. The Kier molecular flexibility index (Phi) is 5.01. The van der Waals surface area contributed by atoms with Crippen molar-refractivity contribution < 1.29 is 9.84 Å². The molecular formula is C25H26N8O3. The minimum Gasteiger partial charge on any atom is -0.351 e. The lowest BCUT2D eigenvalue weighted by Crippen LogP contribution is -2.30. The number of nitrogens with one attached hydrogen (secondary N) is 2. The van der Waals surface area contributed by atoms with Crippen molar-refractivity contribution >= 4 is 28.5 Å². The van der Waals surface area contributed by atoms with E-state index in [0.29, 0.717) is 41.8 Å². The fraction of sp³-hybridized carbons (Fsp3) is 0.360. The average molecular weight is 487 g/mol. The third-order valence-electron chi connectivity index (χ3n) is 6.96. The van der Waals surface area contributed by atoms with Crippen molar-refractivity contribution in [1.82, 2.24) is 29.6 Å². The van der Waals surface area contributed by atoms with Gasteiger partial charge in [0.2, 0.25) is 12.4 Å². The Hall–Kier alpha value is -3.80. The molecule has 2 fully saturated rings. The zero-order valence-electron chi connectivity index (χ0n) is 19.6. The third kappa shape index (κ3) is 3.63. The predicted molar refractivity (Wildman–Crippen MR) is 134 cm³/mol. The van der Waals surface area contributed by atoms with Crippen molar-refractivity contribution in [2.75, 3.05) is 29.9 Å². The first-order valence-corrected chi connectivity index (χ1v) is 12.3. The summed E-state index contributed by atoms with van der Waals surface area (Å²) in [6, 6.07) is 11.9. The Morgan fingerprint density at radius 3 is 2.83 bits per heavy atom. The topological polar surface area (TPSA) is 122 Å². The van der Waals surface area contributed by atoms with Gasteiger partial charge >= 0.3 is 0 Å². The lowest BCUT2D eigenvalue weighted by Gasteiger charge is -2.20. The molecule has 5 heterocycles. The fourth-order valence-electron chi connectivity index (χ4n) is 4.99. The van der Waals surface area contributed by atoms with Gasteiger partial charge in [0.05, 0.1) is 12.6 Å². The number of aliphatic hydroxyl groups is 1. The molecule has 3 aromatic heterocycles. The van der Waals surface area contributed by atoms with Crippen molar-refractivity contribution in [1.29, 1.82) is 0 Å². The van der Waals surface area contributed by atoms with Crippen LogP contribution in [-0.4, -0.2) is 55.5 Å². The molecule has 3 N–H and O–H groups in total. The first-order valence-electron chi connectivity index (χ1n) is 12.3. The molecule has 11 nitrogen and oxygen atoms in total. The first kappa shape index (κ1) is 21.5. The smallest absolute Gasteiger partial charge is 0.278 e. The number of pyridine rings is 1. The maximum absolute atomic E-state index is 13.4. The van der Waals surface area contributed by atoms with Crippen LogP contribution >= 0.6 is 0 Å². The Morgan fingerprint density at radius 1 is 1.11 bits per heavy atom. The van der Waals surface area contributed by atoms with Gasteiger partial charge in [-0.05, 0) is 61.2 Å². The summed E-state index contributed by atoms with van der Waals surface area (Å²) in [6.07, 6.45) is 3.42. The number of rotatable bonds is 5. The largest absolute Gasteiger partial charge is 0.351 e. The molecule has 7 rings (SSSR count). The molecule has 1 saturated heterocycles. The van der Waals surface area contributed by atoms with E-state index in [1.807, 2.05) is 24.3 Å². The van der Waals surface area contributed by atoms with E-state index in [1.165, 1.54) is 11.1 Å². The number of hydrogen-bond acceptors (Lipinski definition) is 9. The molecule has 3 aliphatic rings. The number of fused-ring (bicyclic) bond motifs is 2. The zero-order valence-corrected chi connectivity index (χ0v) is 19.6. The van der Waals surface area contributed by atoms with Gasteiger partial charge in [0, 0.05) is 25.0 Å². The van der Waals surface area contributed by atoms with Gasteiger partial charge in [0.1, 0.15) is 11.2 Å². The number of aliphatic hydroxyl groups excluding tert-OH is 1. The highest BCUT2D eigenvalue weighted by Crippen LogP contribution is 2.35. The zero-order chi connectivity index (χ0) is 24.2. The van der Waals surface area contributed by atoms with Gasteiger partial charge in [-0.1, -0.05) is 12.1 Å². The molecule has 36 heavy (non-hydrogen) atoms. The van der Waals surface area contributed by atoms with Crippen LogP contribution in [0.25, 0.3) is 16.9 Å². The molecule has 1 atom stereocenters. The van der Waals surface area contributed by atoms with Crippen LogP contribution in [0.2, 0.25) is 0 Å². The molecule has 184 valence electrons. The highest BCUT2D eigenvalue weighted by atomic mass is 16.6. The lowest BCUT2D eigenvalue weighted by molar-refractivity contribution is -0.0576. The van der Waals surface area contributed by atoms with E-state index >= 15 is 0 Å². The summed E-state index contributed by atoms with van der Waals surface area (Å²) in [4.78, 5) is 29.0. The molecule has 0 radical (unpaired) electrons. The second-order valence-electron chi connectivity index (χ2n) is 9.40.